The number of rotatable bonds is 8. The molecule has 0 bridgehead atoms. The average molecular weight is 218 g/mol. The van der Waals surface area contributed by atoms with E-state index in [4.69, 9.17) is 15.2 Å². The molecule has 0 rings (SSSR count). The van der Waals surface area contributed by atoms with Crippen LogP contribution in [0.1, 0.15) is 20.3 Å². The fraction of sp³-hybridized carbons (Fsp3) is 1.00. The third-order valence-electron chi connectivity index (χ3n) is 3.27. The lowest BCUT2D eigenvalue weighted by Gasteiger charge is -2.43. The minimum absolute atomic E-state index is 0.0767. The molecule has 2 unspecified atom stereocenters. The summed E-state index contributed by atoms with van der Waals surface area (Å²) in [5.41, 5.74) is 5.80. The molecule has 4 nitrogen and oxygen atoms in total. The van der Waals surface area contributed by atoms with Crippen LogP contribution in [0.15, 0.2) is 0 Å². The van der Waals surface area contributed by atoms with Crippen molar-refractivity contribution >= 4 is 0 Å². The van der Waals surface area contributed by atoms with E-state index in [1.54, 1.807) is 14.2 Å². The molecule has 0 saturated heterocycles. The Morgan fingerprint density at radius 1 is 1.33 bits per heavy atom. The lowest BCUT2D eigenvalue weighted by molar-refractivity contribution is -0.0128. The Bertz CT molecular complexity index is 161. The zero-order valence-corrected chi connectivity index (χ0v) is 10.7. The Kier molecular flexibility index (Phi) is 7.09. The molecule has 0 spiro atoms. The van der Waals surface area contributed by atoms with E-state index in [1.165, 1.54) is 0 Å². The first-order valence-corrected chi connectivity index (χ1v) is 5.48. The highest BCUT2D eigenvalue weighted by molar-refractivity contribution is 4.91. The molecule has 0 radical (unpaired) electrons. The number of hydrogen-bond acceptors (Lipinski definition) is 4. The van der Waals surface area contributed by atoms with E-state index in [1.807, 2.05) is 0 Å². The second-order valence-electron chi connectivity index (χ2n) is 4.13. The minimum Gasteiger partial charge on any atom is -0.383 e. The summed E-state index contributed by atoms with van der Waals surface area (Å²) in [6, 6.07) is 0.341. The number of nitrogens with zero attached hydrogens (tertiary/aromatic N) is 1. The second-order valence-corrected chi connectivity index (χ2v) is 4.13. The Labute approximate surface area is 93.7 Å². The quantitative estimate of drug-likeness (QED) is 0.652. The second kappa shape index (κ2) is 7.17. The number of methoxy groups -OCH3 is 2. The smallest absolute Gasteiger partial charge is 0.0658 e. The number of hydrogen-bond donors (Lipinski definition) is 1. The van der Waals surface area contributed by atoms with Crippen molar-refractivity contribution in [2.45, 2.75) is 31.8 Å². The van der Waals surface area contributed by atoms with Gasteiger partial charge in [0.1, 0.15) is 0 Å². The Morgan fingerprint density at radius 2 is 1.93 bits per heavy atom. The van der Waals surface area contributed by atoms with Crippen molar-refractivity contribution in [1.82, 2.24) is 4.90 Å². The topological polar surface area (TPSA) is 47.7 Å². The summed E-state index contributed by atoms with van der Waals surface area (Å²) in [7, 11) is 5.52. The van der Waals surface area contributed by atoms with E-state index in [0.29, 0.717) is 25.8 Å². The molecular weight excluding hydrogens is 192 g/mol. The van der Waals surface area contributed by atoms with E-state index >= 15 is 0 Å². The van der Waals surface area contributed by atoms with Crippen molar-refractivity contribution < 1.29 is 9.47 Å². The van der Waals surface area contributed by atoms with Crippen LogP contribution in [-0.4, -0.2) is 57.5 Å². The molecule has 92 valence electrons. The van der Waals surface area contributed by atoms with Gasteiger partial charge in [0.05, 0.1) is 18.8 Å². The minimum atomic E-state index is -0.0767. The normalized spacial score (nSPS) is 17.8. The van der Waals surface area contributed by atoms with Crippen LogP contribution in [-0.2, 0) is 9.47 Å². The van der Waals surface area contributed by atoms with Crippen LogP contribution in [0, 0.1) is 0 Å². The molecule has 15 heavy (non-hydrogen) atoms. The fourth-order valence-electron chi connectivity index (χ4n) is 1.89. The summed E-state index contributed by atoms with van der Waals surface area (Å²) >= 11 is 0. The highest BCUT2D eigenvalue weighted by Gasteiger charge is 2.34. The lowest BCUT2D eigenvalue weighted by atomic mass is 9.94. The molecule has 4 heteroatoms. The summed E-state index contributed by atoms with van der Waals surface area (Å²) in [5.74, 6) is 0. The van der Waals surface area contributed by atoms with Crippen LogP contribution in [0.5, 0.6) is 0 Å². The first kappa shape index (κ1) is 14.8. The molecule has 0 aliphatic heterocycles. The van der Waals surface area contributed by atoms with Crippen molar-refractivity contribution in [1.29, 1.82) is 0 Å². The van der Waals surface area contributed by atoms with Crippen molar-refractivity contribution in [3.8, 4) is 0 Å². The molecule has 0 aromatic carbocycles. The summed E-state index contributed by atoms with van der Waals surface area (Å²) in [6.45, 7) is 6.25. The van der Waals surface area contributed by atoms with Crippen LogP contribution >= 0.6 is 0 Å². The SMILES string of the molecule is CCC(CN)(COC)N(C)C(C)COC. The molecule has 0 heterocycles. The van der Waals surface area contributed by atoms with Gasteiger partial charge in [0.2, 0.25) is 0 Å². The van der Waals surface area contributed by atoms with Gasteiger partial charge in [-0.25, -0.2) is 0 Å². The molecule has 2 N–H and O–H groups in total. The molecule has 0 amide bonds. The van der Waals surface area contributed by atoms with Gasteiger partial charge in [0.15, 0.2) is 0 Å². The lowest BCUT2D eigenvalue weighted by Crippen LogP contribution is -2.58. The maximum Gasteiger partial charge on any atom is 0.0658 e. The van der Waals surface area contributed by atoms with Gasteiger partial charge in [0.25, 0.3) is 0 Å². The Hall–Kier alpha value is -0.160. The number of likely N-dealkylation sites (N-methyl/N-ethyl adjacent to an activating group) is 1. The van der Waals surface area contributed by atoms with Gasteiger partial charge in [-0.15, -0.1) is 0 Å². The predicted octanol–water partition coefficient (Wildman–Crippen LogP) is 0.707. The predicted molar refractivity (Wildman–Crippen MR) is 63.1 cm³/mol. The molecule has 0 aromatic heterocycles. The van der Waals surface area contributed by atoms with Crippen LogP contribution in [0.2, 0.25) is 0 Å². The van der Waals surface area contributed by atoms with Crippen LogP contribution < -0.4 is 5.73 Å². The molecule has 0 saturated carbocycles. The highest BCUT2D eigenvalue weighted by atomic mass is 16.5. The average Bonchev–Trinajstić information content (AvgIpc) is 2.25. The maximum atomic E-state index is 5.88. The third-order valence-corrected chi connectivity index (χ3v) is 3.27. The summed E-state index contributed by atoms with van der Waals surface area (Å²) in [5, 5.41) is 0. The van der Waals surface area contributed by atoms with E-state index < -0.39 is 0 Å². The number of ether oxygens (including phenoxy) is 2. The highest BCUT2D eigenvalue weighted by Crippen LogP contribution is 2.20. The Balaban J connectivity index is 4.58. The van der Waals surface area contributed by atoms with Crippen LogP contribution in [0.4, 0.5) is 0 Å². The summed E-state index contributed by atoms with van der Waals surface area (Å²) in [4.78, 5) is 2.26. The van der Waals surface area contributed by atoms with E-state index in [9.17, 15) is 0 Å². The zero-order chi connectivity index (χ0) is 11.9. The van der Waals surface area contributed by atoms with E-state index in [2.05, 4.69) is 25.8 Å². The van der Waals surface area contributed by atoms with Gasteiger partial charge in [-0.1, -0.05) is 6.92 Å². The van der Waals surface area contributed by atoms with Crippen molar-refractivity contribution in [2.24, 2.45) is 5.73 Å². The molecule has 0 aliphatic carbocycles. The van der Waals surface area contributed by atoms with Crippen molar-refractivity contribution in [3.05, 3.63) is 0 Å². The molecule has 0 fully saturated rings. The van der Waals surface area contributed by atoms with Gasteiger partial charge in [-0.2, -0.15) is 0 Å². The summed E-state index contributed by atoms with van der Waals surface area (Å²) < 4.78 is 10.4. The van der Waals surface area contributed by atoms with Gasteiger partial charge >= 0.3 is 0 Å². The molecule has 0 aromatic rings. The van der Waals surface area contributed by atoms with Gasteiger partial charge < -0.3 is 15.2 Å². The zero-order valence-electron chi connectivity index (χ0n) is 10.7. The van der Waals surface area contributed by atoms with Crippen molar-refractivity contribution in [3.63, 3.8) is 0 Å². The monoisotopic (exact) mass is 218 g/mol. The van der Waals surface area contributed by atoms with Crippen LogP contribution in [0.25, 0.3) is 0 Å². The van der Waals surface area contributed by atoms with Crippen molar-refractivity contribution in [2.75, 3.05) is 41.0 Å². The first-order valence-electron chi connectivity index (χ1n) is 5.48. The fourth-order valence-corrected chi connectivity index (χ4v) is 1.89. The largest absolute Gasteiger partial charge is 0.383 e. The molecule has 2 atom stereocenters. The third kappa shape index (κ3) is 3.72. The standard InChI is InChI=1S/C11H26N2O2/c1-6-11(8-12,9-15-5)13(3)10(2)7-14-4/h10H,6-9,12H2,1-5H3. The molecule has 0 aliphatic rings. The summed E-state index contributed by atoms with van der Waals surface area (Å²) in [6.07, 6.45) is 0.974. The Morgan fingerprint density at radius 3 is 2.27 bits per heavy atom. The number of nitrogens with two attached hydrogens (primary N) is 1. The van der Waals surface area contributed by atoms with Crippen LogP contribution in [0.3, 0.4) is 0 Å². The van der Waals surface area contributed by atoms with Gasteiger partial charge in [0, 0.05) is 26.8 Å². The maximum absolute atomic E-state index is 5.88. The molecular formula is C11H26N2O2. The van der Waals surface area contributed by atoms with Gasteiger partial charge in [-0.05, 0) is 20.4 Å². The van der Waals surface area contributed by atoms with E-state index in [-0.39, 0.29) is 5.54 Å². The first-order chi connectivity index (χ1) is 7.07. The van der Waals surface area contributed by atoms with E-state index in [0.717, 1.165) is 6.42 Å². The van der Waals surface area contributed by atoms with Gasteiger partial charge in [-0.3, -0.25) is 4.90 Å².